The molecule has 1 amide bonds. The van der Waals surface area contributed by atoms with Crippen LogP contribution in [0.1, 0.15) is 29.9 Å². The van der Waals surface area contributed by atoms with Gasteiger partial charge in [-0.25, -0.2) is 4.79 Å². The average molecular weight is 353 g/mol. The molecule has 0 aliphatic carbocycles. The zero-order valence-electron chi connectivity index (χ0n) is 14.8. The van der Waals surface area contributed by atoms with Gasteiger partial charge in [-0.1, -0.05) is 60.7 Å². The van der Waals surface area contributed by atoms with Crippen LogP contribution in [0.15, 0.2) is 60.7 Å². The molecule has 2 aromatic carbocycles. The molecule has 1 fully saturated rings. The van der Waals surface area contributed by atoms with Crippen LogP contribution in [0.2, 0.25) is 0 Å². The van der Waals surface area contributed by atoms with Gasteiger partial charge in [-0.3, -0.25) is 4.79 Å². The molecule has 2 aromatic rings. The van der Waals surface area contributed by atoms with Gasteiger partial charge < -0.3 is 14.8 Å². The third-order valence-electron chi connectivity index (χ3n) is 4.63. The Morgan fingerprint density at radius 3 is 2.08 bits per heavy atom. The predicted octanol–water partition coefficient (Wildman–Crippen LogP) is 2.66. The SMILES string of the molecule is COC(=O)[C@H](NC(=O)[C@H]1CCCO1)C(c1ccccc1)c1ccccc1. The maximum Gasteiger partial charge on any atom is 0.329 e. The molecular formula is C21H23NO4. The molecule has 0 radical (unpaired) electrons. The predicted molar refractivity (Wildman–Crippen MR) is 97.6 cm³/mol. The molecule has 0 bridgehead atoms. The summed E-state index contributed by atoms with van der Waals surface area (Å²) in [6.45, 7) is 0.571. The van der Waals surface area contributed by atoms with E-state index in [-0.39, 0.29) is 11.8 Å². The second-order valence-corrected chi connectivity index (χ2v) is 6.31. The van der Waals surface area contributed by atoms with E-state index < -0.39 is 18.1 Å². The van der Waals surface area contributed by atoms with Crippen molar-refractivity contribution >= 4 is 11.9 Å². The molecule has 1 N–H and O–H groups in total. The summed E-state index contributed by atoms with van der Waals surface area (Å²) in [4.78, 5) is 25.2. The summed E-state index contributed by atoms with van der Waals surface area (Å²) in [6.07, 6.45) is 1.01. The Hall–Kier alpha value is -2.66. The van der Waals surface area contributed by atoms with Crippen LogP contribution >= 0.6 is 0 Å². The van der Waals surface area contributed by atoms with E-state index in [2.05, 4.69) is 5.32 Å². The van der Waals surface area contributed by atoms with Crippen molar-refractivity contribution < 1.29 is 19.1 Å². The van der Waals surface area contributed by atoms with Gasteiger partial charge in [-0.2, -0.15) is 0 Å². The third kappa shape index (κ3) is 4.11. The van der Waals surface area contributed by atoms with Crippen molar-refractivity contribution in [2.24, 2.45) is 0 Å². The molecule has 0 spiro atoms. The smallest absolute Gasteiger partial charge is 0.329 e. The highest BCUT2D eigenvalue weighted by molar-refractivity contribution is 5.88. The topological polar surface area (TPSA) is 64.6 Å². The van der Waals surface area contributed by atoms with E-state index in [4.69, 9.17) is 9.47 Å². The van der Waals surface area contributed by atoms with Crippen LogP contribution in [0.3, 0.4) is 0 Å². The molecule has 26 heavy (non-hydrogen) atoms. The van der Waals surface area contributed by atoms with Crippen LogP contribution < -0.4 is 5.32 Å². The van der Waals surface area contributed by atoms with Crippen LogP contribution in [0.4, 0.5) is 0 Å². The zero-order chi connectivity index (χ0) is 18.4. The van der Waals surface area contributed by atoms with E-state index in [9.17, 15) is 9.59 Å². The fraction of sp³-hybridized carbons (Fsp3) is 0.333. The molecule has 5 nitrogen and oxygen atoms in total. The summed E-state index contributed by atoms with van der Waals surface area (Å²) >= 11 is 0. The minimum atomic E-state index is -0.832. The number of methoxy groups -OCH3 is 1. The summed E-state index contributed by atoms with van der Waals surface area (Å²) in [6, 6.07) is 18.5. The number of carbonyl (C=O) groups excluding carboxylic acids is 2. The highest BCUT2D eigenvalue weighted by Gasteiger charge is 2.35. The summed E-state index contributed by atoms with van der Waals surface area (Å²) in [5.41, 5.74) is 1.86. The normalized spacial score (nSPS) is 17.7. The molecular weight excluding hydrogens is 330 g/mol. The largest absolute Gasteiger partial charge is 0.467 e. The first-order chi connectivity index (χ1) is 12.7. The van der Waals surface area contributed by atoms with Crippen LogP contribution in [-0.2, 0) is 19.1 Å². The van der Waals surface area contributed by atoms with Crippen molar-refractivity contribution in [3.05, 3.63) is 71.8 Å². The van der Waals surface area contributed by atoms with Gasteiger partial charge in [0.05, 0.1) is 7.11 Å². The number of hydrogen-bond donors (Lipinski definition) is 1. The Morgan fingerprint density at radius 1 is 1.04 bits per heavy atom. The quantitative estimate of drug-likeness (QED) is 0.811. The first kappa shape index (κ1) is 18.1. The van der Waals surface area contributed by atoms with Gasteiger partial charge in [0, 0.05) is 12.5 Å². The van der Waals surface area contributed by atoms with E-state index >= 15 is 0 Å². The fourth-order valence-electron chi connectivity index (χ4n) is 3.33. The lowest BCUT2D eigenvalue weighted by atomic mass is 9.84. The van der Waals surface area contributed by atoms with Crippen molar-refractivity contribution in [1.29, 1.82) is 0 Å². The zero-order valence-corrected chi connectivity index (χ0v) is 14.8. The number of carbonyl (C=O) groups is 2. The van der Waals surface area contributed by atoms with Crippen LogP contribution in [0.25, 0.3) is 0 Å². The number of benzene rings is 2. The molecule has 136 valence electrons. The Bertz CT molecular complexity index is 687. The van der Waals surface area contributed by atoms with E-state index in [1.165, 1.54) is 7.11 Å². The van der Waals surface area contributed by atoms with Crippen LogP contribution in [0, 0.1) is 0 Å². The Labute approximate surface area is 153 Å². The van der Waals surface area contributed by atoms with E-state index in [1.807, 2.05) is 60.7 Å². The van der Waals surface area contributed by atoms with Gasteiger partial charge in [0.2, 0.25) is 5.91 Å². The second-order valence-electron chi connectivity index (χ2n) is 6.31. The van der Waals surface area contributed by atoms with Crippen molar-refractivity contribution in [3.63, 3.8) is 0 Å². The second kappa shape index (κ2) is 8.63. The number of esters is 1. The lowest BCUT2D eigenvalue weighted by Gasteiger charge is -2.28. The molecule has 5 heteroatoms. The molecule has 1 aliphatic rings. The van der Waals surface area contributed by atoms with Crippen molar-refractivity contribution in [2.75, 3.05) is 13.7 Å². The highest BCUT2D eigenvalue weighted by Crippen LogP contribution is 2.29. The monoisotopic (exact) mass is 353 g/mol. The number of amides is 1. The van der Waals surface area contributed by atoms with Gasteiger partial charge in [0.25, 0.3) is 0 Å². The van der Waals surface area contributed by atoms with Crippen molar-refractivity contribution in [1.82, 2.24) is 5.32 Å². The van der Waals surface area contributed by atoms with Crippen molar-refractivity contribution in [2.45, 2.75) is 30.9 Å². The highest BCUT2D eigenvalue weighted by atomic mass is 16.5. The van der Waals surface area contributed by atoms with Gasteiger partial charge in [-0.15, -0.1) is 0 Å². The first-order valence-electron chi connectivity index (χ1n) is 8.80. The maximum atomic E-state index is 12.6. The van der Waals surface area contributed by atoms with Crippen molar-refractivity contribution in [3.8, 4) is 0 Å². The Kier molecular flexibility index (Phi) is 6.02. The van der Waals surface area contributed by atoms with Gasteiger partial charge in [0.1, 0.15) is 12.1 Å². The average Bonchev–Trinajstić information content (AvgIpc) is 3.23. The van der Waals surface area contributed by atoms with Gasteiger partial charge >= 0.3 is 5.97 Å². The van der Waals surface area contributed by atoms with E-state index in [0.717, 1.165) is 17.5 Å². The minimum absolute atomic E-state index is 0.269. The number of rotatable bonds is 6. The number of hydrogen-bond acceptors (Lipinski definition) is 4. The maximum absolute atomic E-state index is 12.6. The standard InChI is InChI=1S/C21H23NO4/c1-25-21(24)19(22-20(23)17-13-8-14-26-17)18(15-9-4-2-5-10-15)16-11-6-3-7-12-16/h2-7,9-12,17-19H,8,13-14H2,1H3,(H,22,23)/t17-,19-/m1/s1. The molecule has 1 aliphatic heterocycles. The molecule has 1 heterocycles. The summed E-state index contributed by atoms with van der Waals surface area (Å²) in [5.74, 6) is -1.10. The molecule has 1 saturated heterocycles. The molecule has 3 rings (SSSR count). The number of nitrogens with one attached hydrogen (secondary N) is 1. The minimum Gasteiger partial charge on any atom is -0.467 e. The lowest BCUT2D eigenvalue weighted by Crippen LogP contribution is -2.49. The van der Waals surface area contributed by atoms with Gasteiger partial charge in [-0.05, 0) is 24.0 Å². The molecule has 2 atom stereocenters. The van der Waals surface area contributed by atoms with Gasteiger partial charge in [0.15, 0.2) is 0 Å². The van der Waals surface area contributed by atoms with Crippen LogP contribution in [0.5, 0.6) is 0 Å². The number of ether oxygens (including phenoxy) is 2. The summed E-state index contributed by atoms with van der Waals surface area (Å²) < 4.78 is 10.5. The van der Waals surface area contributed by atoms with Crippen LogP contribution in [-0.4, -0.2) is 37.7 Å². The molecule has 0 unspecified atom stereocenters. The van der Waals surface area contributed by atoms with E-state index in [1.54, 1.807) is 0 Å². The fourth-order valence-corrected chi connectivity index (χ4v) is 3.33. The summed E-state index contributed by atoms with van der Waals surface area (Å²) in [5, 5.41) is 2.87. The third-order valence-corrected chi connectivity index (χ3v) is 4.63. The van der Waals surface area contributed by atoms with E-state index in [0.29, 0.717) is 13.0 Å². The Morgan fingerprint density at radius 2 is 1.62 bits per heavy atom. The molecule has 0 aromatic heterocycles. The lowest BCUT2D eigenvalue weighted by molar-refractivity contribution is -0.146. The molecule has 0 saturated carbocycles. The first-order valence-corrected chi connectivity index (χ1v) is 8.80. The Balaban J connectivity index is 1.96. The summed E-state index contributed by atoms with van der Waals surface area (Å²) in [7, 11) is 1.33.